The molecule has 4 aromatic carbocycles. The van der Waals surface area contributed by atoms with Gasteiger partial charge in [-0.3, -0.25) is 9.59 Å². The number of benzene rings is 4. The number of para-hydroxylation sites is 1. The second-order valence-electron chi connectivity index (χ2n) is 9.93. The Kier molecular flexibility index (Phi) is 9.58. The molecule has 1 fully saturated rings. The summed E-state index contributed by atoms with van der Waals surface area (Å²) >= 11 is 0. The summed E-state index contributed by atoms with van der Waals surface area (Å²) < 4.78 is 43.9. The molecule has 1 saturated heterocycles. The number of halogens is 2. The number of carbonyl (C=O) groups is 3. The van der Waals surface area contributed by atoms with Gasteiger partial charge in [0.25, 0.3) is 11.8 Å². The van der Waals surface area contributed by atoms with E-state index in [4.69, 9.17) is 14.2 Å². The fourth-order valence-electron chi connectivity index (χ4n) is 4.69. The highest BCUT2D eigenvalue weighted by Gasteiger charge is 2.42. The molecule has 0 aliphatic carbocycles. The molecule has 2 amide bonds. The Morgan fingerprint density at radius 2 is 1.45 bits per heavy atom. The van der Waals surface area contributed by atoms with Crippen LogP contribution in [0.25, 0.3) is 11.1 Å². The van der Waals surface area contributed by atoms with Gasteiger partial charge in [-0.25, -0.2) is 13.6 Å². The molecule has 3 N–H and O–H groups in total. The molecular weight excluding hydrogens is 574 g/mol. The van der Waals surface area contributed by atoms with Crippen molar-refractivity contribution in [1.82, 2.24) is 5.32 Å². The smallest absolute Gasteiger partial charge is 0.326 e. The van der Waals surface area contributed by atoms with E-state index in [1.54, 1.807) is 24.3 Å². The zero-order valence-electron chi connectivity index (χ0n) is 23.2. The second-order valence-corrected chi connectivity index (χ2v) is 9.93. The fourth-order valence-corrected chi connectivity index (χ4v) is 4.69. The van der Waals surface area contributed by atoms with Crippen LogP contribution < -0.4 is 15.4 Å². The van der Waals surface area contributed by atoms with Gasteiger partial charge in [0.05, 0.1) is 5.56 Å². The van der Waals surface area contributed by atoms with Crippen molar-refractivity contribution in [3.63, 3.8) is 0 Å². The van der Waals surface area contributed by atoms with E-state index in [0.29, 0.717) is 17.0 Å². The average molecular weight is 603 g/mol. The van der Waals surface area contributed by atoms with Gasteiger partial charge in [-0.2, -0.15) is 0 Å². The lowest BCUT2D eigenvalue weighted by molar-refractivity contribution is -0.144. The molecule has 0 saturated carbocycles. The first kappa shape index (κ1) is 30.3. The molecule has 5 rings (SSSR count). The Hall–Kier alpha value is -5.13. The summed E-state index contributed by atoms with van der Waals surface area (Å²) in [6, 6.07) is 25.0. The Morgan fingerprint density at radius 3 is 2.14 bits per heavy atom. The van der Waals surface area contributed by atoms with E-state index in [9.17, 15) is 28.3 Å². The van der Waals surface area contributed by atoms with Crippen molar-refractivity contribution in [2.45, 2.75) is 31.3 Å². The topological polar surface area (TPSA) is 123 Å². The number of amides is 2. The van der Waals surface area contributed by atoms with Crippen LogP contribution in [-0.4, -0.2) is 47.9 Å². The van der Waals surface area contributed by atoms with Crippen LogP contribution in [0.15, 0.2) is 97.1 Å². The first-order valence-corrected chi connectivity index (χ1v) is 13.7. The van der Waals surface area contributed by atoms with Gasteiger partial charge in [0.15, 0.2) is 12.2 Å². The van der Waals surface area contributed by atoms with E-state index < -0.39 is 47.7 Å². The summed E-state index contributed by atoms with van der Waals surface area (Å²) in [6.07, 6.45) is -2.79. The Bertz CT molecular complexity index is 1610. The molecule has 0 spiro atoms. The quantitative estimate of drug-likeness (QED) is 0.227. The summed E-state index contributed by atoms with van der Waals surface area (Å²) in [4.78, 5) is 38.3. The number of aliphatic carboxylic acids is 1. The maximum atomic E-state index is 13.9. The highest BCUT2D eigenvalue weighted by molar-refractivity contribution is 6.01. The van der Waals surface area contributed by atoms with E-state index in [1.165, 1.54) is 18.2 Å². The van der Waals surface area contributed by atoms with Crippen LogP contribution >= 0.6 is 0 Å². The molecule has 9 nitrogen and oxygen atoms in total. The van der Waals surface area contributed by atoms with Gasteiger partial charge in [-0.05, 0) is 41.5 Å². The molecule has 0 bridgehead atoms. The van der Waals surface area contributed by atoms with Gasteiger partial charge < -0.3 is 30.0 Å². The number of nitrogens with one attached hydrogen (secondary N) is 2. The van der Waals surface area contributed by atoms with Crippen molar-refractivity contribution in [3.05, 3.63) is 120 Å². The van der Waals surface area contributed by atoms with Crippen molar-refractivity contribution in [2.75, 3.05) is 12.1 Å². The number of anilines is 1. The van der Waals surface area contributed by atoms with Crippen molar-refractivity contribution < 1.29 is 42.5 Å². The average Bonchev–Trinajstić information content (AvgIpc) is 3.53. The predicted molar refractivity (Wildman–Crippen MR) is 156 cm³/mol. The van der Waals surface area contributed by atoms with Gasteiger partial charge >= 0.3 is 5.97 Å². The molecule has 11 heteroatoms. The zero-order valence-corrected chi connectivity index (χ0v) is 23.2. The molecule has 3 atom stereocenters. The monoisotopic (exact) mass is 602 g/mol. The predicted octanol–water partition coefficient (Wildman–Crippen LogP) is 4.70. The number of hydrogen-bond acceptors (Lipinski definition) is 6. The van der Waals surface area contributed by atoms with Crippen molar-refractivity contribution in [3.8, 4) is 16.9 Å². The first-order chi connectivity index (χ1) is 21.3. The Labute approximate surface area is 251 Å². The molecule has 1 unspecified atom stereocenters. The summed E-state index contributed by atoms with van der Waals surface area (Å²) in [5.74, 6) is -3.89. The SMILES string of the molecule is O=C(O)C(Cc1ccc(OCc2c(F)cccc2F)cc1)NC(=O)[C@@H]1OCO[C@H]1C(=O)Nc1ccccc1-c1ccccc1. The minimum absolute atomic E-state index is 0.0990. The summed E-state index contributed by atoms with van der Waals surface area (Å²) in [5, 5.41) is 15.0. The van der Waals surface area contributed by atoms with Crippen LogP contribution in [0.3, 0.4) is 0 Å². The third-order valence-electron chi connectivity index (χ3n) is 6.98. The van der Waals surface area contributed by atoms with Crippen LogP contribution in [0.2, 0.25) is 0 Å². The lowest BCUT2D eigenvalue weighted by Gasteiger charge is -2.20. The van der Waals surface area contributed by atoms with E-state index in [2.05, 4.69) is 10.6 Å². The summed E-state index contributed by atoms with van der Waals surface area (Å²) in [6.45, 7) is -0.659. The van der Waals surface area contributed by atoms with Gasteiger partial charge in [-0.1, -0.05) is 66.7 Å². The Morgan fingerprint density at radius 1 is 0.818 bits per heavy atom. The van der Waals surface area contributed by atoms with Crippen molar-refractivity contribution in [2.24, 2.45) is 0 Å². The normalized spacial score (nSPS) is 16.6. The number of carbonyl (C=O) groups excluding carboxylic acids is 2. The number of rotatable bonds is 11. The number of carboxylic acid groups (broad SMARTS) is 1. The van der Waals surface area contributed by atoms with Gasteiger partial charge in [0.1, 0.15) is 36.8 Å². The molecule has 0 radical (unpaired) electrons. The van der Waals surface area contributed by atoms with Crippen LogP contribution in [0.5, 0.6) is 5.75 Å². The standard InChI is InChI=1S/C33H28F2N2O7/c34-25-10-6-11-26(35)24(25)18-42-22-15-13-20(14-16-22)17-28(33(40)41)37-32(39)30-29(43-19-44-30)31(38)36-27-12-5-4-9-23(27)21-7-2-1-3-8-21/h1-16,28-30H,17-19H2,(H,36,38)(H,37,39)(H,40,41)/t28?,29-,30-/m1/s1. The lowest BCUT2D eigenvalue weighted by Crippen LogP contribution is -2.51. The van der Waals surface area contributed by atoms with Crippen LogP contribution in [0, 0.1) is 11.6 Å². The summed E-state index contributed by atoms with van der Waals surface area (Å²) in [7, 11) is 0. The van der Waals surface area contributed by atoms with Crippen LogP contribution in [0.1, 0.15) is 11.1 Å². The highest BCUT2D eigenvalue weighted by Crippen LogP contribution is 2.28. The molecular formula is C33H28F2N2O7. The van der Waals surface area contributed by atoms with E-state index in [1.807, 2.05) is 42.5 Å². The highest BCUT2D eigenvalue weighted by atomic mass is 19.1. The lowest BCUT2D eigenvalue weighted by atomic mass is 10.0. The minimum Gasteiger partial charge on any atom is -0.489 e. The third-order valence-corrected chi connectivity index (χ3v) is 6.98. The van der Waals surface area contributed by atoms with E-state index in [0.717, 1.165) is 23.3 Å². The van der Waals surface area contributed by atoms with Crippen LogP contribution in [0.4, 0.5) is 14.5 Å². The van der Waals surface area contributed by atoms with Crippen molar-refractivity contribution >= 4 is 23.5 Å². The van der Waals surface area contributed by atoms with Crippen molar-refractivity contribution in [1.29, 1.82) is 0 Å². The number of carboxylic acids is 1. The minimum atomic E-state index is -1.38. The Balaban J connectivity index is 1.20. The van der Waals surface area contributed by atoms with E-state index in [-0.39, 0.29) is 25.4 Å². The molecule has 0 aromatic heterocycles. The molecule has 1 aliphatic rings. The van der Waals surface area contributed by atoms with Crippen LogP contribution in [-0.2, 0) is 36.9 Å². The zero-order chi connectivity index (χ0) is 31.1. The van der Waals surface area contributed by atoms with Gasteiger partial charge in [0.2, 0.25) is 0 Å². The molecule has 226 valence electrons. The first-order valence-electron chi connectivity index (χ1n) is 13.7. The molecule has 4 aromatic rings. The molecule has 1 aliphatic heterocycles. The van der Waals surface area contributed by atoms with Gasteiger partial charge in [-0.15, -0.1) is 0 Å². The van der Waals surface area contributed by atoms with E-state index >= 15 is 0 Å². The molecule has 1 heterocycles. The summed E-state index contributed by atoms with van der Waals surface area (Å²) in [5.41, 5.74) is 2.48. The maximum Gasteiger partial charge on any atom is 0.326 e. The number of hydrogen-bond donors (Lipinski definition) is 3. The second kappa shape index (κ2) is 13.9. The third kappa shape index (κ3) is 7.25. The van der Waals surface area contributed by atoms with Gasteiger partial charge in [0, 0.05) is 17.7 Å². The number of ether oxygens (including phenoxy) is 3. The maximum absolute atomic E-state index is 13.9. The largest absolute Gasteiger partial charge is 0.489 e. The fraction of sp³-hybridized carbons (Fsp3) is 0.182. The molecule has 44 heavy (non-hydrogen) atoms.